The van der Waals surface area contributed by atoms with Crippen LogP contribution in [0.15, 0.2) is 0 Å². The Balaban J connectivity index is 3.44. The van der Waals surface area contributed by atoms with Gasteiger partial charge in [-0.25, -0.2) is 5.48 Å². The lowest BCUT2D eigenvalue weighted by Gasteiger charge is -2.15. The first-order valence-electron chi connectivity index (χ1n) is 8.22. The molecule has 0 saturated carbocycles. The summed E-state index contributed by atoms with van der Waals surface area (Å²) in [5, 5.41) is 8.86. The molecular weight excluding hydrogens is 222 g/mol. The molecular formula is C16H35NO. The summed E-state index contributed by atoms with van der Waals surface area (Å²) in [5.41, 5.74) is 2.37. The van der Waals surface area contributed by atoms with Crippen molar-refractivity contribution in [3.8, 4) is 0 Å². The lowest BCUT2D eigenvalue weighted by atomic mass is 9.94. The van der Waals surface area contributed by atoms with Crippen molar-refractivity contribution in [1.82, 2.24) is 5.48 Å². The van der Waals surface area contributed by atoms with Crippen LogP contribution in [0.2, 0.25) is 0 Å². The zero-order valence-corrected chi connectivity index (χ0v) is 12.7. The highest BCUT2D eigenvalue weighted by atomic mass is 16.5. The Kier molecular flexibility index (Phi) is 14.9. The van der Waals surface area contributed by atoms with E-state index in [1.54, 1.807) is 0 Å². The van der Waals surface area contributed by atoms with Crippen LogP contribution in [0.1, 0.15) is 90.9 Å². The average molecular weight is 257 g/mol. The molecule has 0 saturated heterocycles. The van der Waals surface area contributed by atoms with Gasteiger partial charge in [0, 0.05) is 6.54 Å². The van der Waals surface area contributed by atoms with E-state index in [0.29, 0.717) is 5.92 Å². The Bertz CT molecular complexity index is 150. The Morgan fingerprint density at radius 3 is 1.67 bits per heavy atom. The zero-order valence-electron chi connectivity index (χ0n) is 12.7. The van der Waals surface area contributed by atoms with Gasteiger partial charge in [0.15, 0.2) is 0 Å². The van der Waals surface area contributed by atoms with Crippen LogP contribution in [0, 0.1) is 5.92 Å². The third-order valence-corrected chi connectivity index (χ3v) is 3.81. The van der Waals surface area contributed by atoms with E-state index in [9.17, 15) is 0 Å². The molecule has 1 atom stereocenters. The maximum atomic E-state index is 8.86. The van der Waals surface area contributed by atoms with E-state index in [1.807, 2.05) is 0 Å². The molecule has 0 rings (SSSR count). The van der Waals surface area contributed by atoms with Gasteiger partial charge in [0.1, 0.15) is 0 Å². The molecule has 0 aromatic carbocycles. The molecule has 2 heteroatoms. The van der Waals surface area contributed by atoms with Gasteiger partial charge in [0.05, 0.1) is 0 Å². The molecule has 0 radical (unpaired) electrons. The standard InChI is InChI=1S/C16H35NO/c1-3-5-7-9-10-12-14-16(15-17-18)13-11-8-6-4-2/h16-18H,3-15H2,1-2H3. The summed E-state index contributed by atoms with van der Waals surface area (Å²) >= 11 is 0. The Labute approximate surface area is 115 Å². The minimum atomic E-state index is 0.679. The van der Waals surface area contributed by atoms with Crippen molar-refractivity contribution in [2.75, 3.05) is 6.54 Å². The van der Waals surface area contributed by atoms with E-state index in [-0.39, 0.29) is 0 Å². The van der Waals surface area contributed by atoms with Crippen LogP contribution in [-0.2, 0) is 0 Å². The van der Waals surface area contributed by atoms with Gasteiger partial charge in [-0.2, -0.15) is 0 Å². The first kappa shape index (κ1) is 17.9. The molecule has 110 valence electrons. The molecule has 0 spiro atoms. The molecule has 1 unspecified atom stereocenters. The first-order chi connectivity index (χ1) is 8.85. The number of hydrogen-bond acceptors (Lipinski definition) is 2. The summed E-state index contributed by atoms with van der Waals surface area (Å²) < 4.78 is 0. The maximum Gasteiger partial charge on any atom is 0.0235 e. The summed E-state index contributed by atoms with van der Waals surface area (Å²) in [6.45, 7) is 5.30. The van der Waals surface area contributed by atoms with Crippen molar-refractivity contribution in [1.29, 1.82) is 0 Å². The zero-order chi connectivity index (χ0) is 13.5. The van der Waals surface area contributed by atoms with Gasteiger partial charge in [0.25, 0.3) is 0 Å². The fourth-order valence-electron chi connectivity index (χ4n) is 2.55. The lowest BCUT2D eigenvalue weighted by Crippen LogP contribution is -2.19. The number of nitrogens with one attached hydrogen (secondary N) is 1. The monoisotopic (exact) mass is 257 g/mol. The van der Waals surface area contributed by atoms with Crippen LogP contribution < -0.4 is 5.48 Å². The maximum absolute atomic E-state index is 8.86. The van der Waals surface area contributed by atoms with Crippen LogP contribution >= 0.6 is 0 Å². The smallest absolute Gasteiger partial charge is 0.0235 e. The number of rotatable bonds is 14. The van der Waals surface area contributed by atoms with Crippen LogP contribution in [-0.4, -0.2) is 11.8 Å². The van der Waals surface area contributed by atoms with E-state index in [1.165, 1.54) is 77.0 Å². The second-order valence-electron chi connectivity index (χ2n) is 5.63. The molecule has 2 nitrogen and oxygen atoms in total. The Morgan fingerprint density at radius 1 is 0.722 bits per heavy atom. The van der Waals surface area contributed by atoms with Crippen molar-refractivity contribution in [2.45, 2.75) is 90.9 Å². The van der Waals surface area contributed by atoms with Gasteiger partial charge in [0.2, 0.25) is 0 Å². The molecule has 0 aromatic rings. The minimum absolute atomic E-state index is 0.679. The first-order valence-corrected chi connectivity index (χ1v) is 8.22. The quantitative estimate of drug-likeness (QED) is 0.327. The summed E-state index contributed by atoms with van der Waals surface area (Å²) in [6, 6.07) is 0. The second-order valence-corrected chi connectivity index (χ2v) is 5.63. The normalized spacial score (nSPS) is 12.8. The van der Waals surface area contributed by atoms with Crippen molar-refractivity contribution in [3.63, 3.8) is 0 Å². The number of hydroxylamine groups is 1. The lowest BCUT2D eigenvalue weighted by molar-refractivity contribution is 0.142. The molecule has 0 fully saturated rings. The Hall–Kier alpha value is -0.0800. The van der Waals surface area contributed by atoms with E-state index < -0.39 is 0 Å². The minimum Gasteiger partial charge on any atom is -0.317 e. The molecule has 0 aliphatic carbocycles. The van der Waals surface area contributed by atoms with E-state index >= 15 is 0 Å². The summed E-state index contributed by atoms with van der Waals surface area (Å²) in [7, 11) is 0. The van der Waals surface area contributed by atoms with Crippen molar-refractivity contribution in [2.24, 2.45) is 5.92 Å². The third kappa shape index (κ3) is 12.4. The fourth-order valence-corrected chi connectivity index (χ4v) is 2.55. The fraction of sp³-hybridized carbons (Fsp3) is 1.00. The van der Waals surface area contributed by atoms with Crippen molar-refractivity contribution in [3.05, 3.63) is 0 Å². The highest BCUT2D eigenvalue weighted by Gasteiger charge is 2.07. The predicted octanol–water partition coefficient (Wildman–Crippen LogP) is 5.30. The summed E-state index contributed by atoms with van der Waals surface area (Å²) in [6.07, 6.45) is 16.1. The highest BCUT2D eigenvalue weighted by molar-refractivity contribution is 4.61. The van der Waals surface area contributed by atoms with Gasteiger partial charge >= 0.3 is 0 Å². The number of unbranched alkanes of at least 4 members (excludes halogenated alkanes) is 8. The van der Waals surface area contributed by atoms with Gasteiger partial charge in [-0.3, -0.25) is 0 Å². The second kappa shape index (κ2) is 15.0. The van der Waals surface area contributed by atoms with Crippen LogP contribution in [0.5, 0.6) is 0 Å². The Morgan fingerprint density at radius 2 is 1.17 bits per heavy atom. The van der Waals surface area contributed by atoms with Crippen LogP contribution in [0.4, 0.5) is 0 Å². The van der Waals surface area contributed by atoms with Gasteiger partial charge in [-0.1, -0.05) is 78.1 Å². The molecule has 0 aliphatic heterocycles. The third-order valence-electron chi connectivity index (χ3n) is 3.81. The van der Waals surface area contributed by atoms with Crippen LogP contribution in [0.3, 0.4) is 0 Å². The molecule has 2 N–H and O–H groups in total. The topological polar surface area (TPSA) is 32.3 Å². The van der Waals surface area contributed by atoms with Gasteiger partial charge in [-0.05, 0) is 18.8 Å². The molecule has 0 aromatic heterocycles. The SMILES string of the molecule is CCCCCCCCC(CCCCCC)CNO. The predicted molar refractivity (Wildman–Crippen MR) is 80.0 cm³/mol. The largest absolute Gasteiger partial charge is 0.317 e. The number of hydrogen-bond donors (Lipinski definition) is 2. The van der Waals surface area contributed by atoms with Crippen molar-refractivity contribution >= 4 is 0 Å². The average Bonchev–Trinajstić information content (AvgIpc) is 2.38. The summed E-state index contributed by atoms with van der Waals surface area (Å²) in [5.74, 6) is 0.679. The molecule has 0 heterocycles. The molecule has 18 heavy (non-hydrogen) atoms. The van der Waals surface area contributed by atoms with E-state index in [2.05, 4.69) is 19.3 Å². The van der Waals surface area contributed by atoms with Gasteiger partial charge in [-0.15, -0.1) is 0 Å². The molecule has 0 amide bonds. The van der Waals surface area contributed by atoms with Crippen LogP contribution in [0.25, 0.3) is 0 Å². The van der Waals surface area contributed by atoms with E-state index in [4.69, 9.17) is 5.21 Å². The van der Waals surface area contributed by atoms with Crippen molar-refractivity contribution < 1.29 is 5.21 Å². The summed E-state index contributed by atoms with van der Waals surface area (Å²) in [4.78, 5) is 0. The van der Waals surface area contributed by atoms with E-state index in [0.717, 1.165) is 6.54 Å². The van der Waals surface area contributed by atoms with Gasteiger partial charge < -0.3 is 5.21 Å². The molecule has 0 aliphatic rings. The highest BCUT2D eigenvalue weighted by Crippen LogP contribution is 2.18. The molecule has 0 bridgehead atoms.